The molecule has 3 rings (SSSR count). The minimum atomic E-state index is -0.351. The van der Waals surface area contributed by atoms with Crippen molar-refractivity contribution in [3.05, 3.63) is 59.4 Å². The molecule has 0 aliphatic heterocycles. The Hall–Kier alpha value is -2.69. The number of carbonyl (C=O) groups excluding carboxylic acids is 2. The lowest BCUT2D eigenvalue weighted by molar-refractivity contribution is 0.0963. The molecule has 1 aliphatic rings. The molecular formula is C15H12N2O3. The lowest BCUT2D eigenvalue weighted by atomic mass is 10.0. The number of fused-ring (bicyclic) bond motifs is 1. The highest BCUT2D eigenvalue weighted by Crippen LogP contribution is 2.23. The monoisotopic (exact) mass is 268 g/mol. The summed E-state index contributed by atoms with van der Waals surface area (Å²) in [7, 11) is 0. The Labute approximate surface area is 115 Å². The van der Waals surface area contributed by atoms with Crippen molar-refractivity contribution in [2.24, 2.45) is 0 Å². The van der Waals surface area contributed by atoms with E-state index in [1.165, 1.54) is 6.08 Å². The van der Waals surface area contributed by atoms with Gasteiger partial charge in [-0.2, -0.15) is 0 Å². The number of nitrogens with one attached hydrogen (secondary N) is 1. The molecule has 0 bridgehead atoms. The number of allylic oxidation sites excluding steroid dienone is 2. The molecule has 1 N–H and O–H groups in total. The second kappa shape index (κ2) is 4.77. The summed E-state index contributed by atoms with van der Waals surface area (Å²) in [6.07, 6.45) is 1.80. The SMILES string of the molecule is CCc1nc2c(o1)C(=O)C(Nc1ccccc1)=CC2=O. The Bertz CT molecular complexity index is 714. The van der Waals surface area contributed by atoms with Crippen LogP contribution in [-0.2, 0) is 6.42 Å². The van der Waals surface area contributed by atoms with E-state index >= 15 is 0 Å². The quantitative estimate of drug-likeness (QED) is 0.926. The van der Waals surface area contributed by atoms with Gasteiger partial charge in [0, 0.05) is 18.2 Å². The van der Waals surface area contributed by atoms with Crippen LogP contribution in [0.25, 0.3) is 0 Å². The zero-order valence-corrected chi connectivity index (χ0v) is 10.8. The second-order valence-corrected chi connectivity index (χ2v) is 4.38. The number of carbonyl (C=O) groups is 2. The van der Waals surface area contributed by atoms with Crippen molar-refractivity contribution in [1.82, 2.24) is 4.98 Å². The van der Waals surface area contributed by atoms with E-state index in [2.05, 4.69) is 10.3 Å². The van der Waals surface area contributed by atoms with E-state index in [1.54, 1.807) is 0 Å². The van der Waals surface area contributed by atoms with Crippen molar-refractivity contribution in [3.8, 4) is 0 Å². The lowest BCUT2D eigenvalue weighted by Crippen LogP contribution is -2.20. The zero-order chi connectivity index (χ0) is 14.1. The van der Waals surface area contributed by atoms with Crippen molar-refractivity contribution in [2.45, 2.75) is 13.3 Å². The molecule has 2 aromatic rings. The first kappa shape index (κ1) is 12.3. The van der Waals surface area contributed by atoms with Crippen molar-refractivity contribution in [1.29, 1.82) is 0 Å². The topological polar surface area (TPSA) is 72.2 Å². The number of hydrogen-bond donors (Lipinski definition) is 1. The number of para-hydroxylation sites is 1. The predicted molar refractivity (Wildman–Crippen MR) is 72.7 cm³/mol. The predicted octanol–water partition coefficient (Wildman–Crippen LogP) is 2.61. The van der Waals surface area contributed by atoms with E-state index in [0.717, 1.165) is 5.69 Å². The molecule has 0 fully saturated rings. The molecule has 0 unspecified atom stereocenters. The van der Waals surface area contributed by atoms with Gasteiger partial charge in [0.05, 0.1) is 5.70 Å². The average Bonchev–Trinajstić information content (AvgIpc) is 2.91. The highest BCUT2D eigenvalue weighted by Gasteiger charge is 2.31. The molecule has 5 nitrogen and oxygen atoms in total. The number of hydrogen-bond acceptors (Lipinski definition) is 5. The fraction of sp³-hybridized carbons (Fsp3) is 0.133. The van der Waals surface area contributed by atoms with Crippen LogP contribution in [-0.4, -0.2) is 16.6 Å². The smallest absolute Gasteiger partial charge is 0.246 e. The molecular weight excluding hydrogens is 256 g/mol. The van der Waals surface area contributed by atoms with Gasteiger partial charge in [0.2, 0.25) is 17.3 Å². The second-order valence-electron chi connectivity index (χ2n) is 4.38. The minimum absolute atomic E-state index is 0.0211. The highest BCUT2D eigenvalue weighted by molar-refractivity contribution is 6.23. The third kappa shape index (κ3) is 2.03. The zero-order valence-electron chi connectivity index (χ0n) is 10.8. The summed E-state index contributed by atoms with van der Waals surface area (Å²) in [6, 6.07) is 9.17. The Balaban J connectivity index is 1.94. The fourth-order valence-corrected chi connectivity index (χ4v) is 1.99. The van der Waals surface area contributed by atoms with E-state index in [0.29, 0.717) is 12.3 Å². The summed E-state index contributed by atoms with van der Waals surface area (Å²) in [5, 5.41) is 2.93. The van der Waals surface area contributed by atoms with Gasteiger partial charge in [-0.1, -0.05) is 25.1 Å². The third-order valence-corrected chi connectivity index (χ3v) is 2.99. The number of nitrogens with zero attached hydrogens (tertiary/aromatic N) is 1. The third-order valence-electron chi connectivity index (χ3n) is 2.99. The van der Waals surface area contributed by atoms with E-state index < -0.39 is 0 Å². The molecule has 20 heavy (non-hydrogen) atoms. The number of aromatic nitrogens is 1. The summed E-state index contributed by atoms with van der Waals surface area (Å²) in [5.74, 6) is -0.254. The molecule has 1 heterocycles. The minimum Gasteiger partial charge on any atom is -0.436 e. The number of rotatable bonds is 3. The molecule has 1 aliphatic carbocycles. The molecule has 1 aromatic heterocycles. The Morgan fingerprint density at radius 3 is 2.65 bits per heavy atom. The maximum absolute atomic E-state index is 12.3. The van der Waals surface area contributed by atoms with Gasteiger partial charge in [-0.05, 0) is 12.1 Å². The van der Waals surface area contributed by atoms with Gasteiger partial charge in [-0.25, -0.2) is 4.98 Å². The number of Topliss-reactive ketones (excluding diaryl/α,β-unsaturated/α-hetero) is 1. The van der Waals surface area contributed by atoms with Crippen molar-refractivity contribution >= 4 is 17.3 Å². The first-order valence-corrected chi connectivity index (χ1v) is 6.31. The van der Waals surface area contributed by atoms with Crippen molar-refractivity contribution in [3.63, 3.8) is 0 Å². The maximum Gasteiger partial charge on any atom is 0.246 e. The normalized spacial score (nSPS) is 13.9. The molecule has 0 saturated heterocycles. The number of aryl methyl sites for hydroxylation is 1. The molecule has 0 spiro atoms. The van der Waals surface area contributed by atoms with Crippen LogP contribution in [0.5, 0.6) is 0 Å². The number of anilines is 1. The molecule has 0 radical (unpaired) electrons. The molecule has 0 atom stereocenters. The van der Waals surface area contributed by atoms with Crippen LogP contribution >= 0.6 is 0 Å². The van der Waals surface area contributed by atoms with Crippen LogP contribution < -0.4 is 5.32 Å². The molecule has 100 valence electrons. The van der Waals surface area contributed by atoms with Gasteiger partial charge in [0.15, 0.2) is 11.6 Å². The first-order valence-electron chi connectivity index (χ1n) is 6.31. The molecule has 1 aromatic carbocycles. The van der Waals surface area contributed by atoms with Crippen molar-refractivity contribution < 1.29 is 14.0 Å². The summed E-state index contributed by atoms with van der Waals surface area (Å²) in [4.78, 5) is 28.3. The summed E-state index contributed by atoms with van der Waals surface area (Å²) < 4.78 is 5.34. The van der Waals surface area contributed by atoms with Crippen LogP contribution in [0.15, 0.2) is 46.5 Å². The van der Waals surface area contributed by atoms with Crippen LogP contribution in [0.3, 0.4) is 0 Å². The molecule has 0 amide bonds. The van der Waals surface area contributed by atoms with Gasteiger partial charge < -0.3 is 9.73 Å². The Morgan fingerprint density at radius 1 is 1.20 bits per heavy atom. The fourth-order valence-electron chi connectivity index (χ4n) is 1.99. The average molecular weight is 268 g/mol. The van der Waals surface area contributed by atoms with Crippen LogP contribution in [0.2, 0.25) is 0 Å². The number of ketones is 2. The van der Waals surface area contributed by atoms with E-state index in [-0.39, 0.29) is 28.7 Å². The van der Waals surface area contributed by atoms with E-state index in [9.17, 15) is 9.59 Å². The summed E-state index contributed by atoms with van der Waals surface area (Å²) >= 11 is 0. The van der Waals surface area contributed by atoms with Gasteiger partial charge >= 0.3 is 0 Å². The summed E-state index contributed by atoms with van der Waals surface area (Å²) in [6.45, 7) is 1.85. The molecule has 0 saturated carbocycles. The van der Waals surface area contributed by atoms with Gasteiger partial charge in [-0.3, -0.25) is 9.59 Å². The largest absolute Gasteiger partial charge is 0.436 e. The Morgan fingerprint density at radius 2 is 1.95 bits per heavy atom. The first-order chi connectivity index (χ1) is 9.69. The van der Waals surface area contributed by atoms with Crippen LogP contribution in [0, 0.1) is 0 Å². The summed E-state index contributed by atoms with van der Waals surface area (Å²) in [5.41, 5.74) is 1.04. The maximum atomic E-state index is 12.3. The Kier molecular flexibility index (Phi) is 2.95. The van der Waals surface area contributed by atoms with Gasteiger partial charge in [0.1, 0.15) is 0 Å². The lowest BCUT2D eigenvalue weighted by Gasteiger charge is -2.11. The van der Waals surface area contributed by atoms with Crippen LogP contribution in [0.4, 0.5) is 5.69 Å². The van der Waals surface area contributed by atoms with Gasteiger partial charge in [0.25, 0.3) is 0 Å². The van der Waals surface area contributed by atoms with E-state index in [4.69, 9.17) is 4.42 Å². The highest BCUT2D eigenvalue weighted by atomic mass is 16.4. The van der Waals surface area contributed by atoms with Gasteiger partial charge in [-0.15, -0.1) is 0 Å². The van der Waals surface area contributed by atoms with Crippen molar-refractivity contribution in [2.75, 3.05) is 5.32 Å². The number of benzene rings is 1. The van der Waals surface area contributed by atoms with Crippen LogP contribution in [0.1, 0.15) is 33.9 Å². The molecule has 5 heteroatoms. The standard InChI is InChI=1S/C15H12N2O3/c1-2-12-17-13-11(18)8-10(14(19)15(13)20-12)16-9-6-4-3-5-7-9/h3-8,16H,2H2,1H3. The number of oxazole rings is 1. The van der Waals surface area contributed by atoms with E-state index in [1.807, 2.05) is 37.3 Å².